The van der Waals surface area contributed by atoms with Gasteiger partial charge in [0.2, 0.25) is 12.0 Å². The van der Waals surface area contributed by atoms with Gasteiger partial charge in [-0.05, 0) is 0 Å². The average molecular weight is 275 g/mol. The van der Waals surface area contributed by atoms with Crippen molar-refractivity contribution < 1.29 is 24.0 Å². The number of anilines is 1. The summed E-state index contributed by atoms with van der Waals surface area (Å²) in [5, 5.41) is 28.3. The van der Waals surface area contributed by atoms with Gasteiger partial charge in [-0.25, -0.2) is 9.36 Å². The highest BCUT2D eigenvalue weighted by Gasteiger charge is 2.45. The van der Waals surface area contributed by atoms with Crippen LogP contribution < -0.4 is 15.4 Å². The molecule has 0 saturated carbocycles. The van der Waals surface area contributed by atoms with E-state index in [1.165, 1.54) is 12.3 Å². The number of aliphatic hydroxyl groups excluding tert-OH is 3. The maximum atomic E-state index is 11.8. The van der Waals surface area contributed by atoms with Crippen LogP contribution in [0.4, 0.5) is 5.82 Å². The minimum absolute atomic E-state index is 0.0815. The summed E-state index contributed by atoms with van der Waals surface area (Å²) in [6.45, 7) is -0.466. The zero-order valence-electron chi connectivity index (χ0n) is 9.21. The third-order valence-electron chi connectivity index (χ3n) is 2.83. The quantitative estimate of drug-likeness (QED) is 0.328. The maximum absolute atomic E-state index is 11.8. The van der Waals surface area contributed by atoms with Crippen molar-refractivity contribution in [1.29, 1.82) is 0 Å². The van der Waals surface area contributed by atoms with Crippen LogP contribution in [0.3, 0.4) is 0 Å². The second kappa shape index (κ2) is 4.78. The van der Waals surface area contributed by atoms with Gasteiger partial charge in [0, 0.05) is 6.07 Å². The van der Waals surface area contributed by atoms with Crippen molar-refractivity contribution in [2.75, 3.05) is 12.3 Å². The topological polar surface area (TPSA) is 122 Å². The lowest BCUT2D eigenvalue weighted by Crippen LogP contribution is -2.53. The lowest BCUT2D eigenvalue weighted by atomic mass is 10.1. The molecule has 0 aromatic carbocycles. The average Bonchev–Trinajstić information content (AvgIpc) is 2.64. The Hall–Kier alpha value is -1.26. The monoisotopic (exact) mass is 275 g/mol. The minimum atomic E-state index is -1.33. The van der Waals surface area contributed by atoms with E-state index in [2.05, 4.69) is 0 Å². The van der Waals surface area contributed by atoms with Crippen molar-refractivity contribution in [2.24, 2.45) is 0 Å². The Morgan fingerprint density at radius 1 is 1.50 bits per heavy atom. The second-order valence-electron chi connectivity index (χ2n) is 3.95. The third-order valence-corrected chi connectivity index (χ3v) is 3.19. The summed E-state index contributed by atoms with van der Waals surface area (Å²) in [5.74, 6) is 0.0815. The Labute approximate surface area is 107 Å². The molecule has 4 atom stereocenters. The van der Waals surface area contributed by atoms with Crippen LogP contribution in [0.2, 0.25) is 0 Å². The van der Waals surface area contributed by atoms with Crippen LogP contribution in [0.15, 0.2) is 17.1 Å². The van der Waals surface area contributed by atoms with Crippen molar-refractivity contribution in [3.63, 3.8) is 0 Å². The van der Waals surface area contributed by atoms with E-state index in [-0.39, 0.29) is 5.82 Å². The van der Waals surface area contributed by atoms with Gasteiger partial charge in [0.05, 0.1) is 12.8 Å². The van der Waals surface area contributed by atoms with Gasteiger partial charge in [0.25, 0.3) is 0 Å². The molecule has 0 aliphatic carbocycles. The van der Waals surface area contributed by atoms with Crippen molar-refractivity contribution in [2.45, 2.75) is 24.5 Å². The molecule has 1 aromatic rings. The molecule has 2 heterocycles. The summed E-state index contributed by atoms with van der Waals surface area (Å²) in [6.07, 6.45) is -3.37. The van der Waals surface area contributed by atoms with E-state index in [9.17, 15) is 15.0 Å². The molecule has 18 heavy (non-hydrogen) atoms. The van der Waals surface area contributed by atoms with E-state index in [0.29, 0.717) is 0 Å². The lowest BCUT2D eigenvalue weighted by Gasteiger charge is -2.16. The summed E-state index contributed by atoms with van der Waals surface area (Å²) in [6, 6.07) is 1.38. The van der Waals surface area contributed by atoms with Gasteiger partial charge in [-0.2, -0.15) is 0 Å². The normalized spacial score (nSPS) is 31.7. The number of ether oxygens (including phenoxy) is 1. The molecule has 9 heteroatoms. The molecule has 0 unspecified atom stereocenters. The lowest BCUT2D eigenvalue weighted by molar-refractivity contribution is -0.502. The first-order valence-corrected chi connectivity index (χ1v) is 5.56. The van der Waals surface area contributed by atoms with Gasteiger partial charge in [-0.3, -0.25) is 0 Å². The first kappa shape index (κ1) is 13.2. The summed E-state index contributed by atoms with van der Waals surface area (Å²) >= 11 is 4.75. The fourth-order valence-corrected chi connectivity index (χ4v) is 1.96. The number of nitrogen functional groups attached to an aromatic ring is 1. The van der Waals surface area contributed by atoms with Crippen molar-refractivity contribution in [3.8, 4) is 0 Å². The predicted octanol–water partition coefficient (Wildman–Crippen LogP) is -3.36. The first-order valence-electron chi connectivity index (χ1n) is 5.20. The molecule has 100 valence electrons. The molecule has 0 bridgehead atoms. The summed E-state index contributed by atoms with van der Waals surface area (Å²) in [4.78, 5) is 11.8. The van der Waals surface area contributed by atoms with Crippen molar-refractivity contribution in [3.05, 3.63) is 22.7 Å². The number of hydrogen-bond acceptors (Lipinski definition) is 7. The Morgan fingerprint density at radius 3 is 2.72 bits per heavy atom. The molecular weight excluding hydrogens is 262 g/mol. The van der Waals surface area contributed by atoms with Gasteiger partial charge < -0.3 is 42.6 Å². The van der Waals surface area contributed by atoms with Gasteiger partial charge in [-0.1, -0.05) is 0 Å². The number of aromatic nitrogens is 2. The van der Waals surface area contributed by atoms with E-state index >= 15 is 0 Å². The van der Waals surface area contributed by atoms with Crippen LogP contribution in [0.25, 0.3) is 0 Å². The van der Waals surface area contributed by atoms with Crippen LogP contribution in [0.5, 0.6) is 0 Å². The van der Waals surface area contributed by atoms with Gasteiger partial charge in [-0.15, -0.1) is 0 Å². The predicted molar refractivity (Wildman–Crippen MR) is 61.1 cm³/mol. The standard InChI is InChI=1S/C9H13N3O5S/c10-5-1-2-11(9(16)12(5)18)8-7(15)6(14)4(3-13)17-8/h1-2,4,6-8,13-15H,3,10H2/t4-,6-,7-,8-/m1/s1. The van der Waals surface area contributed by atoms with Crippen LogP contribution in [0, 0.1) is 0 Å². The van der Waals surface area contributed by atoms with E-state index in [0.717, 1.165) is 8.54 Å². The number of aliphatic hydroxyl groups is 3. The Kier molecular flexibility index (Phi) is 3.50. The Bertz CT molecular complexity index is 507. The molecule has 1 aliphatic heterocycles. The molecular formula is C9H13N3O5S. The van der Waals surface area contributed by atoms with Crippen LogP contribution in [-0.2, 0) is 17.6 Å². The molecule has 1 saturated heterocycles. The molecule has 0 spiro atoms. The highest BCUT2D eigenvalue weighted by Crippen LogP contribution is 2.27. The minimum Gasteiger partial charge on any atom is -0.592 e. The van der Waals surface area contributed by atoms with E-state index in [1.54, 1.807) is 0 Å². The van der Waals surface area contributed by atoms with E-state index < -0.39 is 36.8 Å². The molecule has 0 radical (unpaired) electrons. The molecule has 2 rings (SSSR count). The number of hydrogen-bond donors (Lipinski definition) is 4. The van der Waals surface area contributed by atoms with Crippen LogP contribution in [0.1, 0.15) is 6.23 Å². The number of nitrogens with two attached hydrogens (primary N) is 1. The largest absolute Gasteiger partial charge is 0.592 e. The highest BCUT2D eigenvalue weighted by molar-refractivity contribution is 7.51. The van der Waals surface area contributed by atoms with Gasteiger partial charge >= 0.3 is 5.69 Å². The number of rotatable bonds is 2. The van der Waals surface area contributed by atoms with Gasteiger partial charge in [0.15, 0.2) is 0 Å². The third kappa shape index (κ3) is 1.95. The van der Waals surface area contributed by atoms with Gasteiger partial charge in [0.1, 0.15) is 18.3 Å². The second-order valence-corrected chi connectivity index (χ2v) is 4.32. The van der Waals surface area contributed by atoms with Crippen LogP contribution in [-0.4, -0.2) is 44.8 Å². The molecule has 1 aliphatic rings. The molecule has 1 aromatic heterocycles. The van der Waals surface area contributed by atoms with Crippen molar-refractivity contribution >= 4 is 18.6 Å². The van der Waals surface area contributed by atoms with E-state index in [4.69, 9.17) is 28.4 Å². The highest BCUT2D eigenvalue weighted by atomic mass is 32.1. The van der Waals surface area contributed by atoms with Crippen LogP contribution >= 0.6 is 0 Å². The zero-order valence-corrected chi connectivity index (χ0v) is 10.0. The summed E-state index contributed by atoms with van der Waals surface area (Å²) in [5.41, 5.74) is 4.79. The van der Waals surface area contributed by atoms with E-state index in [1.807, 2.05) is 0 Å². The molecule has 0 amide bonds. The van der Waals surface area contributed by atoms with Crippen molar-refractivity contribution in [1.82, 2.24) is 4.57 Å². The number of nitrogens with zero attached hydrogens (tertiary/aromatic N) is 2. The molecule has 8 nitrogen and oxygen atoms in total. The Balaban J connectivity index is 2.39. The molecule has 1 fully saturated rings. The Morgan fingerprint density at radius 2 is 2.17 bits per heavy atom. The summed E-state index contributed by atoms with van der Waals surface area (Å²) < 4.78 is 7.00. The zero-order chi connectivity index (χ0) is 13.4. The summed E-state index contributed by atoms with van der Waals surface area (Å²) in [7, 11) is 0. The first-order chi connectivity index (χ1) is 8.47. The SMILES string of the molecule is Nc1ccn([C@@H]2O[C@H](CO)[C@@H](O)[C@H]2O)c(=O)[n+]1[S-]. The fourth-order valence-electron chi connectivity index (χ4n) is 1.81. The fraction of sp³-hybridized carbons (Fsp3) is 0.556. The molecule has 5 N–H and O–H groups in total. The maximum Gasteiger partial charge on any atom is 0.427 e. The smallest absolute Gasteiger partial charge is 0.427 e.